The fourth-order valence-electron chi connectivity index (χ4n) is 2.90. The highest BCUT2D eigenvalue weighted by Gasteiger charge is 2.38. The lowest BCUT2D eigenvalue weighted by atomic mass is 10.0. The molecular formula is C19H30F3N5O5. The van der Waals surface area contributed by atoms with Gasteiger partial charge in [-0.25, -0.2) is 4.79 Å². The van der Waals surface area contributed by atoms with E-state index in [0.29, 0.717) is 19.7 Å². The second kappa shape index (κ2) is 11.8. The molecule has 0 radical (unpaired) electrons. The van der Waals surface area contributed by atoms with Crippen LogP contribution in [0.25, 0.3) is 0 Å². The van der Waals surface area contributed by atoms with Crippen molar-refractivity contribution in [2.45, 2.75) is 45.6 Å². The summed E-state index contributed by atoms with van der Waals surface area (Å²) in [6.45, 7) is 6.47. The van der Waals surface area contributed by atoms with Crippen molar-refractivity contribution in [3.8, 4) is 0 Å². The number of amides is 2. The lowest BCUT2D eigenvalue weighted by molar-refractivity contribution is -0.192. The van der Waals surface area contributed by atoms with Crippen molar-refractivity contribution in [1.29, 1.82) is 0 Å². The van der Waals surface area contributed by atoms with E-state index in [-0.39, 0.29) is 24.5 Å². The number of fused-ring (bicyclic) bond motifs is 1. The number of ether oxygens (including phenoxy) is 1. The zero-order valence-corrected chi connectivity index (χ0v) is 18.8. The van der Waals surface area contributed by atoms with Gasteiger partial charge in [-0.1, -0.05) is 0 Å². The molecule has 13 heteroatoms. The number of hydrogen-bond donors (Lipinski definition) is 2. The molecule has 1 aromatic heterocycles. The van der Waals surface area contributed by atoms with Gasteiger partial charge in [-0.05, 0) is 20.3 Å². The van der Waals surface area contributed by atoms with E-state index in [1.807, 2.05) is 4.68 Å². The highest BCUT2D eigenvalue weighted by molar-refractivity contribution is 5.77. The van der Waals surface area contributed by atoms with Gasteiger partial charge in [0.25, 0.3) is 0 Å². The van der Waals surface area contributed by atoms with Crippen LogP contribution in [0.2, 0.25) is 0 Å². The van der Waals surface area contributed by atoms with Crippen molar-refractivity contribution in [3.63, 3.8) is 0 Å². The first-order chi connectivity index (χ1) is 14.8. The van der Waals surface area contributed by atoms with Crippen LogP contribution < -0.4 is 5.32 Å². The third-order valence-electron chi connectivity index (χ3n) is 4.59. The van der Waals surface area contributed by atoms with E-state index in [1.165, 1.54) is 10.5 Å². The maximum Gasteiger partial charge on any atom is 0.490 e. The van der Waals surface area contributed by atoms with Gasteiger partial charge in [0, 0.05) is 45.8 Å². The molecule has 2 heterocycles. The van der Waals surface area contributed by atoms with Gasteiger partial charge in [0.2, 0.25) is 11.8 Å². The number of aromatic nitrogens is 2. The summed E-state index contributed by atoms with van der Waals surface area (Å²) in [5.41, 5.74) is 3.23. The molecule has 1 aliphatic heterocycles. The van der Waals surface area contributed by atoms with E-state index in [9.17, 15) is 22.8 Å². The molecule has 2 N–H and O–H groups in total. The van der Waals surface area contributed by atoms with Crippen LogP contribution in [0.4, 0.5) is 13.2 Å². The summed E-state index contributed by atoms with van der Waals surface area (Å²) in [5.74, 6) is -2.80. The van der Waals surface area contributed by atoms with E-state index in [4.69, 9.17) is 19.7 Å². The van der Waals surface area contributed by atoms with Crippen LogP contribution in [0, 0.1) is 0 Å². The molecule has 0 atom stereocenters. The number of nitrogens with zero attached hydrogens (tertiary/aromatic N) is 4. The van der Waals surface area contributed by atoms with Crippen LogP contribution in [0.5, 0.6) is 0 Å². The Labute approximate surface area is 184 Å². The topological polar surface area (TPSA) is 117 Å². The average Bonchev–Trinajstić information content (AvgIpc) is 3.05. The van der Waals surface area contributed by atoms with E-state index in [0.717, 1.165) is 24.4 Å². The predicted octanol–water partition coefficient (Wildman–Crippen LogP) is 0.806. The molecule has 1 aliphatic rings. The Balaban J connectivity index is 0.000000633. The molecule has 0 bridgehead atoms. The Kier molecular flexibility index (Phi) is 10.1. The minimum Gasteiger partial charge on any atom is -0.475 e. The normalized spacial score (nSPS) is 13.8. The number of carboxylic acid groups (broad SMARTS) is 1. The van der Waals surface area contributed by atoms with Crippen molar-refractivity contribution < 1.29 is 37.4 Å². The van der Waals surface area contributed by atoms with Crippen LogP contribution in [0.1, 0.15) is 36.8 Å². The maximum absolute atomic E-state index is 11.6. The van der Waals surface area contributed by atoms with Gasteiger partial charge >= 0.3 is 12.1 Å². The third kappa shape index (κ3) is 8.11. The number of carbonyl (C=O) groups excluding carboxylic acids is 2. The van der Waals surface area contributed by atoms with Crippen molar-refractivity contribution in [1.82, 2.24) is 24.9 Å². The molecule has 0 saturated heterocycles. The lowest BCUT2D eigenvalue weighted by Crippen LogP contribution is -2.39. The van der Waals surface area contributed by atoms with E-state index < -0.39 is 12.1 Å². The summed E-state index contributed by atoms with van der Waals surface area (Å²) >= 11 is 0. The van der Waals surface area contributed by atoms with Crippen molar-refractivity contribution in [2.75, 3.05) is 40.8 Å². The van der Waals surface area contributed by atoms with E-state index >= 15 is 0 Å². The number of carboxylic acids is 1. The Bertz CT molecular complexity index is 808. The molecule has 0 aliphatic carbocycles. The molecule has 2 rings (SSSR count). The molecule has 1 aromatic rings. The fourth-order valence-corrected chi connectivity index (χ4v) is 2.90. The zero-order chi connectivity index (χ0) is 24.6. The minimum absolute atomic E-state index is 0.0183. The number of rotatable bonds is 7. The Hall–Kier alpha value is -2.67. The van der Waals surface area contributed by atoms with Crippen LogP contribution in [-0.4, -0.2) is 89.5 Å². The predicted molar refractivity (Wildman–Crippen MR) is 108 cm³/mol. The Morgan fingerprint density at radius 2 is 1.88 bits per heavy atom. The number of alkyl halides is 3. The highest BCUT2D eigenvalue weighted by Crippen LogP contribution is 2.25. The summed E-state index contributed by atoms with van der Waals surface area (Å²) in [5, 5.41) is 14.5. The van der Waals surface area contributed by atoms with Gasteiger partial charge in [-0.3, -0.25) is 19.2 Å². The summed E-state index contributed by atoms with van der Waals surface area (Å²) in [7, 11) is 5.07. The molecule has 0 fully saturated rings. The second-order valence-electron chi connectivity index (χ2n) is 7.63. The number of carbonyl (C=O) groups is 3. The maximum atomic E-state index is 11.6. The summed E-state index contributed by atoms with van der Waals surface area (Å²) < 4.78 is 39.3. The molecule has 0 saturated carbocycles. The molecule has 0 aromatic carbocycles. The number of nitrogens with one attached hydrogen (secondary N) is 1. The van der Waals surface area contributed by atoms with Crippen LogP contribution >= 0.6 is 0 Å². The largest absolute Gasteiger partial charge is 0.490 e. The molecule has 0 spiro atoms. The van der Waals surface area contributed by atoms with Gasteiger partial charge in [0.15, 0.2) is 0 Å². The van der Waals surface area contributed by atoms with Crippen molar-refractivity contribution in [2.24, 2.45) is 0 Å². The first-order valence-corrected chi connectivity index (χ1v) is 9.87. The minimum atomic E-state index is -5.08. The van der Waals surface area contributed by atoms with Gasteiger partial charge in [0.05, 0.1) is 24.5 Å². The van der Waals surface area contributed by atoms with Crippen molar-refractivity contribution in [3.05, 3.63) is 17.0 Å². The Morgan fingerprint density at radius 1 is 1.28 bits per heavy atom. The van der Waals surface area contributed by atoms with Gasteiger partial charge < -0.3 is 20.1 Å². The number of hydrogen-bond acceptors (Lipinski definition) is 6. The molecule has 182 valence electrons. The molecular weight excluding hydrogens is 435 g/mol. The first-order valence-electron chi connectivity index (χ1n) is 9.87. The van der Waals surface area contributed by atoms with Crippen LogP contribution in [0.15, 0.2) is 0 Å². The number of likely N-dealkylation sites (N-methyl/N-ethyl adjacent to an activating group) is 2. The Morgan fingerprint density at radius 3 is 2.34 bits per heavy atom. The number of halogens is 3. The summed E-state index contributed by atoms with van der Waals surface area (Å²) in [6.07, 6.45) is -4.25. The first kappa shape index (κ1) is 27.4. The monoisotopic (exact) mass is 465 g/mol. The fraction of sp³-hybridized carbons (Fsp3) is 0.684. The highest BCUT2D eigenvalue weighted by atomic mass is 19.4. The lowest BCUT2D eigenvalue weighted by Gasteiger charge is -2.27. The summed E-state index contributed by atoms with van der Waals surface area (Å²) in [4.78, 5) is 35.8. The van der Waals surface area contributed by atoms with Crippen LogP contribution in [0.3, 0.4) is 0 Å². The van der Waals surface area contributed by atoms with Gasteiger partial charge in [-0.2, -0.15) is 18.3 Å². The standard InChI is InChI=1S/C17H29N5O3.C2HF3O2/c1-12(2)22-15-8-21(9-16(23)18-3)7-6-13(15)14(19-22)10-25-11-17(24)20(4)5;3-2(4,5)1(6)7/h12H,6-11H2,1-5H3,(H,18,23);(H,6,7). The molecule has 32 heavy (non-hydrogen) atoms. The second-order valence-corrected chi connectivity index (χ2v) is 7.63. The zero-order valence-electron chi connectivity index (χ0n) is 18.8. The smallest absolute Gasteiger partial charge is 0.475 e. The third-order valence-corrected chi connectivity index (χ3v) is 4.59. The van der Waals surface area contributed by atoms with Crippen molar-refractivity contribution >= 4 is 17.8 Å². The average molecular weight is 465 g/mol. The van der Waals surface area contributed by atoms with E-state index in [2.05, 4.69) is 24.1 Å². The molecule has 0 unspecified atom stereocenters. The molecule has 2 amide bonds. The van der Waals surface area contributed by atoms with E-state index in [1.54, 1.807) is 21.1 Å². The molecule has 10 nitrogen and oxygen atoms in total. The van der Waals surface area contributed by atoms with Gasteiger partial charge in [-0.15, -0.1) is 0 Å². The van der Waals surface area contributed by atoms with Crippen LogP contribution in [-0.2, 0) is 38.7 Å². The summed E-state index contributed by atoms with van der Waals surface area (Å²) in [6, 6.07) is 0.228. The SMILES string of the molecule is CNC(=O)CN1CCc2c(COCC(=O)N(C)C)nn(C(C)C)c2C1.O=C(O)C(F)(F)F. The number of aliphatic carboxylic acids is 1. The quantitative estimate of drug-likeness (QED) is 0.612. The van der Waals surface area contributed by atoms with Gasteiger partial charge in [0.1, 0.15) is 6.61 Å².